The van der Waals surface area contributed by atoms with Crippen molar-refractivity contribution in [3.63, 3.8) is 0 Å². The number of aliphatic hydroxyl groups is 1. The monoisotopic (exact) mass is 298 g/mol. The van der Waals surface area contributed by atoms with Crippen LogP contribution >= 0.6 is 11.3 Å². The number of benzene rings is 1. The summed E-state index contributed by atoms with van der Waals surface area (Å²) in [5.41, 5.74) is 0.132. The number of halogens is 1. The third-order valence-corrected chi connectivity index (χ3v) is 3.86. The zero-order valence-corrected chi connectivity index (χ0v) is 12.2. The highest BCUT2D eigenvalue weighted by Crippen LogP contribution is 2.37. The summed E-state index contributed by atoms with van der Waals surface area (Å²) in [6.45, 7) is 0. The van der Waals surface area contributed by atoms with Crippen molar-refractivity contribution in [3.05, 3.63) is 39.8 Å². The van der Waals surface area contributed by atoms with Crippen LogP contribution in [0.1, 0.15) is 16.5 Å². The van der Waals surface area contributed by atoms with Crippen molar-refractivity contribution >= 4 is 11.3 Å². The maximum Gasteiger partial charge on any atom is 0.163 e. The van der Waals surface area contributed by atoms with Crippen LogP contribution in [0.3, 0.4) is 0 Å². The molecular formula is C14H15FO4S. The van der Waals surface area contributed by atoms with Gasteiger partial charge in [-0.2, -0.15) is 0 Å². The number of hydrogen-bond donors (Lipinski definition) is 1. The minimum Gasteiger partial charge on any atom is -0.496 e. The van der Waals surface area contributed by atoms with Gasteiger partial charge < -0.3 is 19.3 Å². The molecule has 6 heteroatoms. The van der Waals surface area contributed by atoms with Crippen LogP contribution in [0.2, 0.25) is 0 Å². The maximum atomic E-state index is 14.1. The molecule has 1 aromatic carbocycles. The van der Waals surface area contributed by atoms with Gasteiger partial charge in [-0.1, -0.05) is 0 Å². The Labute approximate surface area is 120 Å². The molecule has 0 aliphatic carbocycles. The van der Waals surface area contributed by atoms with Crippen molar-refractivity contribution in [1.82, 2.24) is 0 Å². The van der Waals surface area contributed by atoms with Gasteiger partial charge in [-0.05, 0) is 12.1 Å². The van der Waals surface area contributed by atoms with E-state index in [4.69, 9.17) is 14.2 Å². The highest BCUT2D eigenvalue weighted by atomic mass is 32.1. The number of rotatable bonds is 5. The Morgan fingerprint density at radius 3 is 2.25 bits per heavy atom. The van der Waals surface area contributed by atoms with Crippen LogP contribution in [0, 0.1) is 5.82 Å². The van der Waals surface area contributed by atoms with Gasteiger partial charge >= 0.3 is 0 Å². The number of thiophene rings is 1. The second-order valence-corrected chi connectivity index (χ2v) is 4.96. The van der Waals surface area contributed by atoms with E-state index in [2.05, 4.69) is 0 Å². The van der Waals surface area contributed by atoms with Crippen LogP contribution in [0.25, 0.3) is 0 Å². The van der Waals surface area contributed by atoms with Gasteiger partial charge in [-0.15, -0.1) is 11.3 Å². The van der Waals surface area contributed by atoms with Crippen molar-refractivity contribution < 1.29 is 23.7 Å². The van der Waals surface area contributed by atoms with Gasteiger partial charge in [0.25, 0.3) is 0 Å². The Kier molecular flexibility index (Phi) is 4.46. The molecule has 0 fully saturated rings. The third kappa shape index (κ3) is 2.71. The molecule has 4 nitrogen and oxygen atoms in total. The third-order valence-electron chi connectivity index (χ3n) is 2.90. The summed E-state index contributed by atoms with van der Waals surface area (Å²) >= 11 is 1.30. The average molecular weight is 298 g/mol. The summed E-state index contributed by atoms with van der Waals surface area (Å²) < 4.78 is 29.2. The number of aliphatic hydroxyl groups excluding tert-OH is 1. The van der Waals surface area contributed by atoms with Crippen molar-refractivity contribution in [3.8, 4) is 17.2 Å². The molecule has 1 aromatic heterocycles. The molecule has 0 aliphatic heterocycles. The molecule has 1 atom stereocenters. The Morgan fingerprint density at radius 1 is 1.05 bits per heavy atom. The number of hydrogen-bond acceptors (Lipinski definition) is 5. The average Bonchev–Trinajstić information content (AvgIpc) is 2.95. The first-order valence-electron chi connectivity index (χ1n) is 5.82. The minimum absolute atomic E-state index is 0.132. The second kappa shape index (κ2) is 6.11. The van der Waals surface area contributed by atoms with Gasteiger partial charge in [-0.25, -0.2) is 4.39 Å². The van der Waals surface area contributed by atoms with Crippen LogP contribution in [0.5, 0.6) is 17.2 Å². The van der Waals surface area contributed by atoms with Crippen LogP contribution in [0.4, 0.5) is 4.39 Å². The topological polar surface area (TPSA) is 47.9 Å². The van der Waals surface area contributed by atoms with Gasteiger partial charge in [0.2, 0.25) is 0 Å². The lowest BCUT2D eigenvalue weighted by Gasteiger charge is -2.14. The largest absolute Gasteiger partial charge is 0.496 e. The molecule has 108 valence electrons. The molecule has 2 rings (SSSR count). The number of methoxy groups -OCH3 is 3. The zero-order chi connectivity index (χ0) is 14.7. The van der Waals surface area contributed by atoms with Crippen LogP contribution in [-0.4, -0.2) is 26.4 Å². The summed E-state index contributed by atoms with van der Waals surface area (Å²) in [7, 11) is 4.42. The summed E-state index contributed by atoms with van der Waals surface area (Å²) in [6, 6.07) is 4.30. The number of ether oxygens (including phenoxy) is 3. The molecule has 1 N–H and O–H groups in total. The van der Waals surface area contributed by atoms with E-state index in [-0.39, 0.29) is 11.3 Å². The SMILES string of the molecule is COc1csc(C(O)c2cc(OC)c(OC)cc2F)c1. The molecule has 0 saturated carbocycles. The van der Waals surface area contributed by atoms with Crippen molar-refractivity contribution in [2.24, 2.45) is 0 Å². The van der Waals surface area contributed by atoms with Crippen molar-refractivity contribution in [1.29, 1.82) is 0 Å². The standard InChI is InChI=1S/C14H15FO4S/c1-17-8-4-13(20-7-8)14(16)9-5-11(18-2)12(19-3)6-10(9)15/h4-7,14,16H,1-3H3. The lowest BCUT2D eigenvalue weighted by Crippen LogP contribution is -2.03. The highest BCUT2D eigenvalue weighted by Gasteiger charge is 2.20. The predicted molar refractivity (Wildman–Crippen MR) is 74.4 cm³/mol. The molecule has 1 unspecified atom stereocenters. The fourth-order valence-corrected chi connectivity index (χ4v) is 2.67. The Balaban J connectivity index is 2.40. The van der Waals surface area contributed by atoms with E-state index in [1.165, 1.54) is 44.8 Å². The summed E-state index contributed by atoms with van der Waals surface area (Å²) in [5, 5.41) is 12.0. The molecule has 0 radical (unpaired) electrons. The van der Waals surface area contributed by atoms with Crippen molar-refractivity contribution in [2.75, 3.05) is 21.3 Å². The maximum absolute atomic E-state index is 14.1. The molecule has 20 heavy (non-hydrogen) atoms. The first-order valence-corrected chi connectivity index (χ1v) is 6.70. The van der Waals surface area contributed by atoms with Crippen LogP contribution < -0.4 is 14.2 Å². The molecule has 0 spiro atoms. The van der Waals surface area contributed by atoms with Crippen LogP contribution in [-0.2, 0) is 0 Å². The van der Waals surface area contributed by atoms with Gasteiger partial charge in [0.1, 0.15) is 17.7 Å². The highest BCUT2D eigenvalue weighted by molar-refractivity contribution is 7.10. The van der Waals surface area contributed by atoms with E-state index < -0.39 is 11.9 Å². The molecule has 0 aliphatic rings. The lowest BCUT2D eigenvalue weighted by atomic mass is 10.1. The van der Waals surface area contributed by atoms with Crippen LogP contribution in [0.15, 0.2) is 23.6 Å². The fraction of sp³-hybridized carbons (Fsp3) is 0.286. The normalized spacial score (nSPS) is 12.1. The summed E-state index contributed by atoms with van der Waals surface area (Å²) in [5.74, 6) is 0.726. The van der Waals surface area contributed by atoms with E-state index in [0.29, 0.717) is 16.4 Å². The minimum atomic E-state index is -1.08. The molecule has 2 aromatic rings. The van der Waals surface area contributed by atoms with Gasteiger partial charge in [0.05, 0.1) is 21.3 Å². The smallest absolute Gasteiger partial charge is 0.163 e. The zero-order valence-electron chi connectivity index (χ0n) is 11.3. The molecule has 0 saturated heterocycles. The first-order chi connectivity index (χ1) is 9.60. The van der Waals surface area contributed by atoms with E-state index in [9.17, 15) is 9.50 Å². The van der Waals surface area contributed by atoms with E-state index in [0.717, 1.165) is 0 Å². The van der Waals surface area contributed by atoms with E-state index >= 15 is 0 Å². The Bertz CT molecular complexity index is 597. The van der Waals surface area contributed by atoms with E-state index in [1.54, 1.807) is 11.4 Å². The molecule has 0 bridgehead atoms. The lowest BCUT2D eigenvalue weighted by molar-refractivity contribution is 0.217. The summed E-state index contributed by atoms with van der Waals surface area (Å²) in [4.78, 5) is 0.591. The van der Waals surface area contributed by atoms with Gasteiger partial charge in [0, 0.05) is 21.9 Å². The quantitative estimate of drug-likeness (QED) is 0.922. The molecule has 0 amide bonds. The second-order valence-electron chi connectivity index (χ2n) is 4.02. The Morgan fingerprint density at radius 2 is 1.70 bits per heavy atom. The Hall–Kier alpha value is -1.79. The fourth-order valence-electron chi connectivity index (χ4n) is 1.82. The predicted octanol–water partition coefficient (Wildman–Crippen LogP) is 2.99. The molecular weight excluding hydrogens is 283 g/mol. The molecule has 1 heterocycles. The van der Waals surface area contributed by atoms with Gasteiger partial charge in [-0.3, -0.25) is 0 Å². The van der Waals surface area contributed by atoms with Gasteiger partial charge in [0.15, 0.2) is 11.5 Å². The summed E-state index contributed by atoms with van der Waals surface area (Å²) in [6.07, 6.45) is -1.08. The first kappa shape index (κ1) is 14.6. The van der Waals surface area contributed by atoms with Crippen molar-refractivity contribution in [2.45, 2.75) is 6.10 Å². The van der Waals surface area contributed by atoms with E-state index in [1.807, 2.05) is 0 Å².